The molecule has 242 valence electrons. The van der Waals surface area contributed by atoms with Crippen LogP contribution < -0.4 is 4.74 Å². The van der Waals surface area contributed by atoms with Crippen molar-refractivity contribution in [1.82, 2.24) is 9.80 Å². The fourth-order valence-corrected chi connectivity index (χ4v) is 7.44. The average Bonchev–Trinajstić information content (AvgIpc) is 3.45. The molecule has 3 aliphatic rings. The fourth-order valence-electron chi connectivity index (χ4n) is 6.06. The first kappa shape index (κ1) is 31.7. The molecule has 0 unspecified atom stereocenters. The Balaban J connectivity index is 1.39. The van der Waals surface area contributed by atoms with Crippen molar-refractivity contribution in [3.63, 3.8) is 0 Å². The van der Waals surface area contributed by atoms with Crippen LogP contribution in [-0.4, -0.2) is 98.4 Å². The first-order chi connectivity index (χ1) is 22.3. The number of aliphatic hydroxyl groups excluding tert-OH is 1. The smallest absolute Gasteiger partial charge is 0.255 e. The third-order valence-electron chi connectivity index (χ3n) is 8.54. The molecule has 3 aromatic carbocycles. The summed E-state index contributed by atoms with van der Waals surface area (Å²) in [6.45, 7) is 2.09. The van der Waals surface area contributed by atoms with Crippen LogP contribution in [-0.2, 0) is 35.4 Å². The zero-order valence-corrected chi connectivity index (χ0v) is 26.2. The van der Waals surface area contributed by atoms with Crippen molar-refractivity contribution in [2.45, 2.75) is 35.9 Å². The van der Waals surface area contributed by atoms with Gasteiger partial charge in [-0.1, -0.05) is 42.5 Å². The second-order valence-electron chi connectivity index (χ2n) is 11.5. The van der Waals surface area contributed by atoms with E-state index in [9.17, 15) is 18.0 Å². The highest BCUT2D eigenvalue weighted by Crippen LogP contribution is 2.47. The highest BCUT2D eigenvalue weighted by molar-refractivity contribution is 7.91. The molecule has 2 amide bonds. The first-order valence-corrected chi connectivity index (χ1v) is 17.1. The maximum Gasteiger partial charge on any atom is 0.255 e. The second kappa shape index (κ2) is 13.6. The van der Waals surface area contributed by atoms with Gasteiger partial charge in [-0.3, -0.25) is 9.59 Å². The molecule has 3 aliphatic heterocycles. The van der Waals surface area contributed by atoms with E-state index in [2.05, 4.69) is 0 Å². The van der Waals surface area contributed by atoms with Crippen LogP contribution in [0.3, 0.4) is 0 Å². The minimum Gasteiger partial charge on any atom is -0.494 e. The van der Waals surface area contributed by atoms with E-state index in [0.717, 1.165) is 11.1 Å². The average molecular weight is 648 g/mol. The van der Waals surface area contributed by atoms with Crippen LogP contribution in [0.15, 0.2) is 88.8 Å². The Bertz CT molecular complexity index is 1690. The summed E-state index contributed by atoms with van der Waals surface area (Å²) in [5.74, 6) is -0.224. The van der Waals surface area contributed by atoms with Crippen molar-refractivity contribution in [2.75, 3.05) is 51.8 Å². The minimum absolute atomic E-state index is 0.0246. The van der Waals surface area contributed by atoms with Gasteiger partial charge < -0.3 is 29.1 Å². The SMILES string of the molecule is O=C(CN1Cc2ccccc2[C@H]2OC(c3ccc(OCCCO)cc3)=N[C@@]2(CCS(=O)(=O)c2ccccc2)C1=O)N1CCOCC1. The summed E-state index contributed by atoms with van der Waals surface area (Å²) < 4.78 is 44.7. The lowest BCUT2D eigenvalue weighted by molar-refractivity contribution is -0.147. The summed E-state index contributed by atoms with van der Waals surface area (Å²) in [7, 11) is -3.79. The van der Waals surface area contributed by atoms with Crippen LogP contribution in [0, 0.1) is 0 Å². The van der Waals surface area contributed by atoms with E-state index in [4.69, 9.17) is 24.3 Å². The summed E-state index contributed by atoms with van der Waals surface area (Å²) in [4.78, 5) is 36.5. The van der Waals surface area contributed by atoms with Gasteiger partial charge in [0.1, 0.15) is 12.3 Å². The molecular formula is C34H37N3O8S. The predicted octanol–water partition coefficient (Wildman–Crippen LogP) is 2.77. The number of ether oxygens (including phenoxy) is 3. The molecule has 6 rings (SSSR count). The number of benzene rings is 3. The number of nitrogens with zero attached hydrogens (tertiary/aromatic N) is 3. The van der Waals surface area contributed by atoms with Crippen LogP contribution in [0.25, 0.3) is 0 Å². The number of carbonyl (C=O) groups is 2. The summed E-state index contributed by atoms with van der Waals surface area (Å²) in [5.41, 5.74) is 0.462. The predicted molar refractivity (Wildman–Crippen MR) is 169 cm³/mol. The van der Waals surface area contributed by atoms with Crippen LogP contribution >= 0.6 is 0 Å². The summed E-state index contributed by atoms with van der Waals surface area (Å²) >= 11 is 0. The zero-order valence-electron chi connectivity index (χ0n) is 25.4. The number of carbonyl (C=O) groups excluding carboxylic acids is 2. The zero-order chi connectivity index (χ0) is 32.1. The number of fused-ring (bicyclic) bond motifs is 3. The maximum atomic E-state index is 14.8. The van der Waals surface area contributed by atoms with Crippen molar-refractivity contribution in [1.29, 1.82) is 0 Å². The molecule has 0 spiro atoms. The third kappa shape index (κ3) is 6.51. The summed E-state index contributed by atoms with van der Waals surface area (Å²) in [6, 6.07) is 22.6. The first-order valence-electron chi connectivity index (χ1n) is 15.4. The number of sulfone groups is 1. The molecule has 0 bridgehead atoms. The molecule has 12 heteroatoms. The number of aliphatic hydroxyl groups is 1. The molecule has 46 heavy (non-hydrogen) atoms. The van der Waals surface area contributed by atoms with Gasteiger partial charge in [0.2, 0.25) is 11.8 Å². The van der Waals surface area contributed by atoms with Gasteiger partial charge in [0.05, 0.1) is 30.5 Å². The molecular weight excluding hydrogens is 610 g/mol. The maximum absolute atomic E-state index is 14.8. The van der Waals surface area contributed by atoms with E-state index in [-0.39, 0.29) is 48.6 Å². The number of hydrogen-bond acceptors (Lipinski definition) is 9. The van der Waals surface area contributed by atoms with Crippen molar-refractivity contribution in [2.24, 2.45) is 4.99 Å². The molecule has 1 fully saturated rings. The molecule has 0 radical (unpaired) electrons. The fraction of sp³-hybridized carbons (Fsp3) is 0.382. The van der Waals surface area contributed by atoms with Crippen LogP contribution in [0.2, 0.25) is 0 Å². The number of aliphatic imine (C=N–C) groups is 1. The van der Waals surface area contributed by atoms with Gasteiger partial charge in [0.25, 0.3) is 5.91 Å². The van der Waals surface area contributed by atoms with Gasteiger partial charge in [0, 0.05) is 50.2 Å². The molecule has 0 aliphatic carbocycles. The quantitative estimate of drug-likeness (QED) is 0.314. The van der Waals surface area contributed by atoms with Gasteiger partial charge in [-0.25, -0.2) is 13.4 Å². The Morgan fingerprint density at radius 3 is 2.46 bits per heavy atom. The lowest BCUT2D eigenvalue weighted by Gasteiger charge is -2.34. The van der Waals surface area contributed by atoms with E-state index < -0.39 is 27.4 Å². The third-order valence-corrected chi connectivity index (χ3v) is 10.3. The molecule has 0 aromatic heterocycles. The second-order valence-corrected chi connectivity index (χ2v) is 13.6. The standard InChI is InChI=1S/C34H37N3O8S/c38-18-6-19-44-27-13-11-25(12-14-27)32-35-34(15-22-46(41,42)28-8-2-1-3-9-28)31(45-32)29-10-5-4-7-26(29)23-37(33(34)40)24-30(39)36-16-20-43-21-17-36/h1-5,7-14,31,38H,6,15-24H2/t31-,34-/m1/s1. The Kier molecular flexibility index (Phi) is 9.39. The van der Waals surface area contributed by atoms with Gasteiger partial charge in [-0.15, -0.1) is 0 Å². The number of hydrogen-bond donors (Lipinski definition) is 1. The Morgan fingerprint density at radius 1 is 1.00 bits per heavy atom. The summed E-state index contributed by atoms with van der Waals surface area (Å²) in [6.07, 6.45) is -0.572. The lowest BCUT2D eigenvalue weighted by atomic mass is 9.84. The normalized spacial score (nSPS) is 21.1. The van der Waals surface area contributed by atoms with Crippen molar-refractivity contribution >= 4 is 27.5 Å². The van der Waals surface area contributed by atoms with Crippen LogP contribution in [0.1, 0.15) is 35.6 Å². The van der Waals surface area contributed by atoms with Crippen molar-refractivity contribution in [3.8, 4) is 5.75 Å². The molecule has 1 N–H and O–H groups in total. The van der Waals surface area contributed by atoms with Gasteiger partial charge in [-0.2, -0.15) is 0 Å². The molecule has 3 heterocycles. The number of amides is 2. The Labute approximate surface area is 268 Å². The molecule has 3 aromatic rings. The van der Waals surface area contributed by atoms with E-state index in [1.165, 1.54) is 17.0 Å². The monoisotopic (exact) mass is 647 g/mol. The van der Waals surface area contributed by atoms with E-state index in [0.29, 0.717) is 50.6 Å². The van der Waals surface area contributed by atoms with E-state index in [1.807, 2.05) is 24.3 Å². The Hall–Kier alpha value is -4.26. The highest BCUT2D eigenvalue weighted by Gasteiger charge is 2.57. The van der Waals surface area contributed by atoms with E-state index in [1.54, 1.807) is 47.4 Å². The highest BCUT2D eigenvalue weighted by atomic mass is 32.2. The topological polar surface area (TPSA) is 135 Å². The van der Waals surface area contributed by atoms with Gasteiger partial charge in [-0.05, 0) is 42.0 Å². The van der Waals surface area contributed by atoms with Gasteiger partial charge in [0.15, 0.2) is 21.5 Å². The van der Waals surface area contributed by atoms with Gasteiger partial charge >= 0.3 is 0 Å². The van der Waals surface area contributed by atoms with Crippen molar-refractivity contribution in [3.05, 3.63) is 95.6 Å². The van der Waals surface area contributed by atoms with Crippen LogP contribution in [0.4, 0.5) is 0 Å². The molecule has 11 nitrogen and oxygen atoms in total. The lowest BCUT2D eigenvalue weighted by Crippen LogP contribution is -2.53. The molecule has 1 saturated heterocycles. The Morgan fingerprint density at radius 2 is 1.72 bits per heavy atom. The summed E-state index contributed by atoms with van der Waals surface area (Å²) in [5, 5.41) is 9.05. The molecule has 0 saturated carbocycles. The largest absolute Gasteiger partial charge is 0.494 e. The minimum atomic E-state index is -3.79. The van der Waals surface area contributed by atoms with Crippen molar-refractivity contribution < 1.29 is 37.3 Å². The number of morpholine rings is 1. The molecule has 2 atom stereocenters. The van der Waals surface area contributed by atoms with Crippen LogP contribution in [0.5, 0.6) is 5.75 Å². The van der Waals surface area contributed by atoms with E-state index >= 15 is 0 Å². The number of rotatable bonds is 11.